The van der Waals surface area contributed by atoms with Crippen LogP contribution in [0.25, 0.3) is 10.9 Å². The predicted molar refractivity (Wildman–Crippen MR) is 87.6 cm³/mol. The van der Waals surface area contributed by atoms with E-state index in [1.54, 1.807) is 6.07 Å². The molecule has 1 heterocycles. The quantitative estimate of drug-likeness (QED) is 0.556. The molecule has 6 nitrogen and oxygen atoms in total. The third kappa shape index (κ3) is 3.39. The number of nitrogen functional groups attached to an aromatic ring is 1. The Hall–Kier alpha value is -3.61. The lowest BCUT2D eigenvalue weighted by atomic mass is 10.1. The van der Waals surface area contributed by atoms with Crippen LogP contribution >= 0.6 is 0 Å². The normalized spacial score (nSPS) is 11.0. The lowest BCUT2D eigenvalue weighted by molar-refractivity contribution is 0.125. The van der Waals surface area contributed by atoms with Gasteiger partial charge in [-0.3, -0.25) is 9.36 Å². The fraction of sp³-hybridized carbons (Fsp3) is 0.118. The molecule has 2 N–H and O–H groups in total. The molecule has 0 aliphatic heterocycles. The van der Waals surface area contributed by atoms with Crippen LogP contribution in [0, 0.1) is 23.0 Å². The van der Waals surface area contributed by atoms with E-state index in [1.807, 2.05) is 0 Å². The Morgan fingerprint density at radius 1 is 1.30 bits per heavy atom. The van der Waals surface area contributed by atoms with Crippen LogP contribution in [-0.4, -0.2) is 16.0 Å². The zero-order valence-corrected chi connectivity index (χ0v) is 13.4. The minimum absolute atomic E-state index is 0.0704. The van der Waals surface area contributed by atoms with Gasteiger partial charge in [0.25, 0.3) is 12.0 Å². The number of anilines is 1. The summed E-state index contributed by atoms with van der Waals surface area (Å²) in [6.07, 6.45) is -1.78. The van der Waals surface area contributed by atoms with Gasteiger partial charge in [0.1, 0.15) is 17.4 Å². The molecule has 3 aromatic rings. The van der Waals surface area contributed by atoms with E-state index in [0.29, 0.717) is 6.07 Å². The zero-order chi connectivity index (χ0) is 19.7. The molecule has 27 heavy (non-hydrogen) atoms. The average molecular weight is 378 g/mol. The maximum absolute atomic E-state index is 14.0. The van der Waals surface area contributed by atoms with Gasteiger partial charge in [0.15, 0.2) is 11.6 Å². The number of ether oxygens (including phenoxy) is 1. The number of rotatable bonds is 4. The summed E-state index contributed by atoms with van der Waals surface area (Å²) in [5.74, 6) is -3.62. The molecule has 10 heteroatoms. The van der Waals surface area contributed by atoms with Gasteiger partial charge >= 0.3 is 0 Å². The second-order valence-electron chi connectivity index (χ2n) is 5.45. The number of alkyl halides is 2. The number of nitriles is 1. The van der Waals surface area contributed by atoms with Gasteiger partial charge in [0.2, 0.25) is 5.82 Å². The predicted octanol–water partition coefficient (Wildman–Crippen LogP) is 3.19. The number of hydrogen-bond donors (Lipinski definition) is 1. The summed E-state index contributed by atoms with van der Waals surface area (Å²) < 4.78 is 58.7. The van der Waals surface area contributed by atoms with Crippen molar-refractivity contribution >= 4 is 16.6 Å². The molecule has 0 bridgehead atoms. The molecule has 1 aromatic heterocycles. The first kappa shape index (κ1) is 18.2. The highest BCUT2D eigenvalue weighted by molar-refractivity contribution is 5.79. The number of hydrogen-bond acceptors (Lipinski definition) is 5. The summed E-state index contributed by atoms with van der Waals surface area (Å²) in [5, 5.41) is 9.02. The minimum Gasteiger partial charge on any atom is -0.453 e. The van der Waals surface area contributed by atoms with Crippen molar-refractivity contribution in [3.63, 3.8) is 0 Å². The molecule has 138 valence electrons. The first-order valence-corrected chi connectivity index (χ1v) is 7.44. The average Bonchev–Trinajstić information content (AvgIpc) is 2.62. The number of halogens is 4. The zero-order valence-electron chi connectivity index (χ0n) is 13.4. The molecule has 0 atom stereocenters. The third-order valence-corrected chi connectivity index (χ3v) is 3.67. The molecular weight excluding hydrogens is 368 g/mol. The van der Waals surface area contributed by atoms with Crippen LogP contribution in [-0.2, 0) is 6.54 Å². The number of nitrogens with zero attached hydrogens (tertiary/aromatic N) is 3. The minimum atomic E-state index is -2.76. The molecule has 0 aliphatic carbocycles. The van der Waals surface area contributed by atoms with Gasteiger partial charge in [-0.25, -0.2) is 18.2 Å². The van der Waals surface area contributed by atoms with E-state index >= 15 is 0 Å². The number of fused-ring (bicyclic) bond motifs is 1. The number of nitrogens with two attached hydrogens (primary N) is 1. The summed E-state index contributed by atoms with van der Waals surface area (Å²) in [7, 11) is 0. The van der Waals surface area contributed by atoms with Gasteiger partial charge in [-0.15, -0.1) is 0 Å². The summed E-state index contributed by atoms with van der Waals surface area (Å²) in [5.41, 5.74) is 4.18. The molecule has 3 rings (SSSR count). The maximum Gasteiger partial charge on any atom is 0.261 e. The van der Waals surface area contributed by atoms with Crippen molar-refractivity contribution in [1.29, 1.82) is 5.26 Å². The highest BCUT2D eigenvalue weighted by atomic mass is 19.3. The lowest BCUT2D eigenvalue weighted by Crippen LogP contribution is -2.23. The highest BCUT2D eigenvalue weighted by Gasteiger charge is 2.20. The second kappa shape index (κ2) is 6.95. The van der Waals surface area contributed by atoms with Crippen molar-refractivity contribution in [3.05, 3.63) is 58.1 Å². The molecule has 0 aliphatic rings. The van der Waals surface area contributed by atoms with Gasteiger partial charge in [-0.2, -0.15) is 9.65 Å². The first-order chi connectivity index (χ1) is 12.8. The molecule has 0 fully saturated rings. The smallest absolute Gasteiger partial charge is 0.261 e. The molecule has 0 spiro atoms. The Morgan fingerprint density at radius 2 is 2.04 bits per heavy atom. The van der Waals surface area contributed by atoms with Crippen molar-refractivity contribution in [1.82, 2.24) is 9.55 Å². The van der Waals surface area contributed by atoms with Gasteiger partial charge in [0.05, 0.1) is 29.5 Å². The van der Waals surface area contributed by atoms with Crippen LogP contribution in [0.15, 0.2) is 35.4 Å². The van der Waals surface area contributed by atoms with Gasteiger partial charge in [0, 0.05) is 6.07 Å². The van der Waals surface area contributed by atoms with Gasteiger partial charge < -0.3 is 10.5 Å². The van der Waals surface area contributed by atoms with E-state index in [0.717, 1.165) is 17.0 Å². The van der Waals surface area contributed by atoms with Crippen molar-refractivity contribution in [2.24, 2.45) is 0 Å². The number of aromatic nitrogens is 2. The second-order valence-corrected chi connectivity index (χ2v) is 5.45. The van der Waals surface area contributed by atoms with Crippen LogP contribution in [0.4, 0.5) is 23.2 Å². The van der Waals surface area contributed by atoms with Crippen LogP contribution in [0.1, 0.15) is 5.56 Å². The Balaban J connectivity index is 2.11. The van der Waals surface area contributed by atoms with E-state index in [2.05, 4.69) is 4.98 Å². The Labute approximate surface area is 149 Å². The summed E-state index contributed by atoms with van der Waals surface area (Å²) in [4.78, 5) is 16.2. The van der Waals surface area contributed by atoms with Crippen LogP contribution in [0.2, 0.25) is 0 Å². The van der Waals surface area contributed by atoms with E-state index in [-0.39, 0.29) is 22.3 Å². The fourth-order valence-corrected chi connectivity index (χ4v) is 2.43. The molecule has 0 amide bonds. The highest BCUT2D eigenvalue weighted by Crippen LogP contribution is 2.34. The van der Waals surface area contributed by atoms with Gasteiger partial charge in [-0.05, 0) is 18.2 Å². The molecule has 0 saturated heterocycles. The fourth-order valence-electron chi connectivity index (χ4n) is 2.43. The SMILES string of the molecule is N#Cc1c(N)cc(F)c(F)c1Oc1ccc2ncn(CC(F)F)c(=O)c2c1. The molecule has 0 saturated carbocycles. The van der Waals surface area contributed by atoms with E-state index in [4.69, 9.17) is 15.7 Å². The molecule has 2 aromatic carbocycles. The Morgan fingerprint density at radius 3 is 2.70 bits per heavy atom. The molecular formula is C17H10F4N4O2. The van der Waals surface area contributed by atoms with Crippen molar-refractivity contribution < 1.29 is 22.3 Å². The van der Waals surface area contributed by atoms with E-state index < -0.39 is 41.5 Å². The van der Waals surface area contributed by atoms with Crippen LogP contribution < -0.4 is 16.0 Å². The third-order valence-electron chi connectivity index (χ3n) is 3.67. The summed E-state index contributed by atoms with van der Waals surface area (Å²) in [6.45, 7) is -0.847. The van der Waals surface area contributed by atoms with Crippen molar-refractivity contribution in [2.45, 2.75) is 13.0 Å². The van der Waals surface area contributed by atoms with Crippen molar-refractivity contribution in [3.8, 4) is 17.6 Å². The molecule has 0 unspecified atom stereocenters. The Kier molecular flexibility index (Phi) is 4.68. The Bertz CT molecular complexity index is 1140. The largest absolute Gasteiger partial charge is 0.453 e. The lowest BCUT2D eigenvalue weighted by Gasteiger charge is -2.12. The first-order valence-electron chi connectivity index (χ1n) is 7.44. The number of benzene rings is 2. The van der Waals surface area contributed by atoms with Crippen LogP contribution in [0.3, 0.4) is 0 Å². The van der Waals surface area contributed by atoms with Crippen molar-refractivity contribution in [2.75, 3.05) is 5.73 Å². The summed E-state index contributed by atoms with van der Waals surface area (Å²) >= 11 is 0. The van der Waals surface area contributed by atoms with Gasteiger partial charge in [-0.1, -0.05) is 0 Å². The molecule has 0 radical (unpaired) electrons. The topological polar surface area (TPSA) is 93.9 Å². The van der Waals surface area contributed by atoms with E-state index in [1.165, 1.54) is 12.1 Å². The maximum atomic E-state index is 14.0. The standard InChI is InChI=1S/C17H10F4N4O2/c18-11-4-12(23)10(5-22)16(15(11)21)27-8-1-2-13-9(3-8)17(26)25(7-24-13)6-14(19)20/h1-4,7,14H,6,23H2. The monoisotopic (exact) mass is 378 g/mol. The summed E-state index contributed by atoms with van der Waals surface area (Å²) in [6, 6.07) is 6.03. The van der Waals surface area contributed by atoms with Crippen LogP contribution in [0.5, 0.6) is 11.5 Å². The van der Waals surface area contributed by atoms with E-state index in [9.17, 15) is 22.4 Å².